The van der Waals surface area contributed by atoms with Crippen molar-refractivity contribution in [3.63, 3.8) is 0 Å². The monoisotopic (exact) mass is 196 g/mol. The highest BCUT2D eigenvalue weighted by Crippen LogP contribution is 2.21. The summed E-state index contributed by atoms with van der Waals surface area (Å²) in [4.78, 5) is 0. The van der Waals surface area contributed by atoms with Crippen molar-refractivity contribution < 1.29 is 0 Å². The lowest BCUT2D eigenvalue weighted by Gasteiger charge is -2.29. The minimum Gasteiger partial charge on any atom is -0.0888 e. The van der Waals surface area contributed by atoms with Crippen molar-refractivity contribution >= 4 is 27.2 Å². The minimum absolute atomic E-state index is 0.173. The van der Waals surface area contributed by atoms with Gasteiger partial charge in [0, 0.05) is 16.8 Å². The SMILES string of the molecule is CC1=[Si](C)C(C)C(C)=[Si](C)C1C. The van der Waals surface area contributed by atoms with E-state index in [4.69, 9.17) is 0 Å². The molecule has 12 heavy (non-hydrogen) atoms. The van der Waals surface area contributed by atoms with Crippen LogP contribution in [-0.4, -0.2) is 27.2 Å². The molecule has 0 fully saturated rings. The third-order valence-corrected chi connectivity index (χ3v) is 11.2. The number of hydrogen-bond donors (Lipinski definition) is 0. The zero-order valence-corrected chi connectivity index (χ0v) is 11.2. The molecule has 1 aliphatic heterocycles. The van der Waals surface area contributed by atoms with Gasteiger partial charge in [0.1, 0.15) is 0 Å². The van der Waals surface area contributed by atoms with E-state index in [1.54, 1.807) is 0 Å². The van der Waals surface area contributed by atoms with Crippen LogP contribution in [0.25, 0.3) is 0 Å². The van der Waals surface area contributed by atoms with Crippen LogP contribution in [0.1, 0.15) is 27.7 Å². The highest BCUT2D eigenvalue weighted by molar-refractivity contribution is 6.90. The first kappa shape index (κ1) is 10.3. The van der Waals surface area contributed by atoms with E-state index in [1.807, 2.05) is 10.3 Å². The second-order valence-electron chi connectivity index (χ2n) is 4.18. The molecule has 0 amide bonds. The van der Waals surface area contributed by atoms with Gasteiger partial charge in [0.25, 0.3) is 0 Å². The van der Waals surface area contributed by atoms with Gasteiger partial charge >= 0.3 is 0 Å². The molecule has 0 bridgehead atoms. The van der Waals surface area contributed by atoms with Crippen LogP contribution in [0, 0.1) is 0 Å². The second kappa shape index (κ2) is 3.50. The second-order valence-corrected chi connectivity index (χ2v) is 10.2. The van der Waals surface area contributed by atoms with Crippen molar-refractivity contribution in [2.45, 2.75) is 51.9 Å². The quantitative estimate of drug-likeness (QED) is 0.523. The topological polar surface area (TPSA) is 0 Å². The average molecular weight is 196 g/mol. The Bertz CT molecular complexity index is 209. The Kier molecular flexibility index (Phi) is 2.99. The summed E-state index contributed by atoms with van der Waals surface area (Å²) in [7, 11) is -0.346. The molecule has 1 heterocycles. The van der Waals surface area contributed by atoms with Gasteiger partial charge in [-0.05, 0) is 24.9 Å². The molecule has 0 radical (unpaired) electrons. The molecule has 2 heteroatoms. The summed E-state index contributed by atoms with van der Waals surface area (Å²) in [6.45, 7) is 14.6. The summed E-state index contributed by atoms with van der Waals surface area (Å²) in [6, 6.07) is 0. The molecule has 1 aliphatic rings. The molecule has 0 spiro atoms. The van der Waals surface area contributed by atoms with Crippen molar-refractivity contribution in [3.8, 4) is 0 Å². The first-order chi connectivity index (χ1) is 5.46. The van der Waals surface area contributed by atoms with E-state index in [2.05, 4.69) is 40.8 Å². The van der Waals surface area contributed by atoms with E-state index in [1.165, 1.54) is 0 Å². The molecule has 0 aromatic carbocycles. The van der Waals surface area contributed by atoms with Gasteiger partial charge < -0.3 is 0 Å². The normalized spacial score (nSPS) is 31.5. The number of rotatable bonds is 0. The predicted molar refractivity (Wildman–Crippen MR) is 63.4 cm³/mol. The summed E-state index contributed by atoms with van der Waals surface area (Å²) in [6.07, 6.45) is 0. The maximum absolute atomic E-state index is 2.49. The molecule has 2 atom stereocenters. The summed E-state index contributed by atoms with van der Waals surface area (Å²) < 4.78 is 0. The maximum Gasteiger partial charge on any atom is 0.0123 e. The van der Waals surface area contributed by atoms with Crippen molar-refractivity contribution in [3.05, 3.63) is 0 Å². The molecule has 0 nitrogen and oxygen atoms in total. The van der Waals surface area contributed by atoms with Gasteiger partial charge in [-0.3, -0.25) is 0 Å². The van der Waals surface area contributed by atoms with Crippen LogP contribution in [0.4, 0.5) is 0 Å². The fourth-order valence-electron chi connectivity index (χ4n) is 2.02. The van der Waals surface area contributed by atoms with Crippen LogP contribution in [0.15, 0.2) is 0 Å². The first-order valence-electron chi connectivity index (χ1n) is 4.81. The van der Waals surface area contributed by atoms with Crippen molar-refractivity contribution in [2.75, 3.05) is 0 Å². The number of hydrogen-bond acceptors (Lipinski definition) is 0. The molecule has 0 saturated heterocycles. The summed E-state index contributed by atoms with van der Waals surface area (Å²) in [5, 5.41) is 3.68. The molecular weight excluding hydrogens is 176 g/mol. The third kappa shape index (κ3) is 1.47. The predicted octanol–water partition coefficient (Wildman–Crippen LogP) is 2.58. The molecule has 68 valence electrons. The van der Waals surface area contributed by atoms with Gasteiger partial charge in [0.05, 0.1) is 0 Å². The van der Waals surface area contributed by atoms with E-state index < -0.39 is 0 Å². The molecule has 0 saturated carbocycles. The Hall–Kier alpha value is 0.174. The zero-order valence-electron chi connectivity index (χ0n) is 9.15. The largest absolute Gasteiger partial charge is 0.0888 e. The highest BCUT2D eigenvalue weighted by atomic mass is 28.2. The van der Waals surface area contributed by atoms with Crippen LogP contribution >= 0.6 is 0 Å². The van der Waals surface area contributed by atoms with Crippen molar-refractivity contribution in [1.82, 2.24) is 0 Å². The molecular formula is C10H20Si2. The van der Waals surface area contributed by atoms with E-state index in [9.17, 15) is 0 Å². The van der Waals surface area contributed by atoms with Gasteiger partial charge in [-0.15, -0.1) is 0 Å². The van der Waals surface area contributed by atoms with E-state index in [-0.39, 0.29) is 16.8 Å². The molecule has 0 aromatic heterocycles. The van der Waals surface area contributed by atoms with Gasteiger partial charge in [0.15, 0.2) is 0 Å². The van der Waals surface area contributed by atoms with Gasteiger partial charge in [-0.2, -0.15) is 0 Å². The van der Waals surface area contributed by atoms with Gasteiger partial charge in [0.2, 0.25) is 0 Å². The van der Waals surface area contributed by atoms with Crippen LogP contribution in [0.2, 0.25) is 24.2 Å². The first-order valence-corrected chi connectivity index (χ1v) is 8.96. The van der Waals surface area contributed by atoms with Crippen molar-refractivity contribution in [1.29, 1.82) is 0 Å². The standard InChI is InChI=1S/C10H20Si2/c1-7-8(2)12(6)10(4)9(3)11(7)5/h7,10H,1-6H3. The summed E-state index contributed by atoms with van der Waals surface area (Å²) in [5.74, 6) is 0. The van der Waals surface area contributed by atoms with Crippen molar-refractivity contribution in [2.24, 2.45) is 0 Å². The van der Waals surface area contributed by atoms with E-state index >= 15 is 0 Å². The third-order valence-electron chi connectivity index (χ3n) is 3.84. The molecule has 0 aromatic rings. The summed E-state index contributed by atoms with van der Waals surface area (Å²) >= 11 is 0. The van der Waals surface area contributed by atoms with Crippen LogP contribution < -0.4 is 0 Å². The fraction of sp³-hybridized carbons (Fsp3) is 0.800. The summed E-state index contributed by atoms with van der Waals surface area (Å²) in [5.41, 5.74) is 1.87. The Morgan fingerprint density at radius 1 is 0.833 bits per heavy atom. The van der Waals surface area contributed by atoms with Crippen LogP contribution in [0.5, 0.6) is 0 Å². The highest BCUT2D eigenvalue weighted by Gasteiger charge is 2.23. The zero-order chi connectivity index (χ0) is 9.46. The lowest BCUT2D eigenvalue weighted by Crippen LogP contribution is -2.35. The van der Waals surface area contributed by atoms with Crippen LogP contribution in [0.3, 0.4) is 0 Å². The fourth-order valence-corrected chi connectivity index (χ4v) is 8.71. The van der Waals surface area contributed by atoms with Gasteiger partial charge in [-0.25, -0.2) is 0 Å². The Balaban J connectivity index is 3.13. The Morgan fingerprint density at radius 2 is 1.08 bits per heavy atom. The minimum atomic E-state index is -0.173. The molecule has 0 aliphatic carbocycles. The van der Waals surface area contributed by atoms with Crippen LogP contribution in [-0.2, 0) is 0 Å². The maximum atomic E-state index is 2.49. The Morgan fingerprint density at radius 3 is 1.33 bits per heavy atom. The lowest BCUT2D eigenvalue weighted by atomic mass is 10.3. The smallest absolute Gasteiger partial charge is 0.0123 e. The van der Waals surface area contributed by atoms with E-state index in [0.29, 0.717) is 0 Å². The molecule has 2 unspecified atom stereocenters. The lowest BCUT2D eigenvalue weighted by molar-refractivity contribution is 1.19. The van der Waals surface area contributed by atoms with E-state index in [0.717, 1.165) is 11.1 Å². The molecule has 1 rings (SSSR count). The Labute approximate surface area is 79.5 Å². The molecule has 0 N–H and O–H groups in total. The average Bonchev–Trinajstić information content (AvgIpc) is 2.08. The van der Waals surface area contributed by atoms with Gasteiger partial charge in [-0.1, -0.05) is 37.3 Å².